The summed E-state index contributed by atoms with van der Waals surface area (Å²) in [5.41, 5.74) is 1.60. The molecule has 0 aliphatic carbocycles. The Hall–Kier alpha value is -0.940. The number of aliphatic hydroxyl groups excluding tert-OH is 1. The zero-order chi connectivity index (χ0) is 8.97. The van der Waals surface area contributed by atoms with Crippen molar-refractivity contribution in [1.29, 1.82) is 0 Å². The summed E-state index contributed by atoms with van der Waals surface area (Å²) in [6.07, 6.45) is 1.50. The standard InChI is InChI=1S/C7H10N2O2S/c1-5(3-10)9-7(11)6-2-8-4-12-6/h2,4-5,10H,3H2,1H3,(H,9,11). The molecule has 1 rings (SSSR count). The van der Waals surface area contributed by atoms with Gasteiger partial charge in [-0.15, -0.1) is 11.3 Å². The molecule has 0 bridgehead atoms. The van der Waals surface area contributed by atoms with E-state index in [1.54, 1.807) is 12.4 Å². The molecule has 12 heavy (non-hydrogen) atoms. The lowest BCUT2D eigenvalue weighted by atomic mass is 10.3. The summed E-state index contributed by atoms with van der Waals surface area (Å²) in [6.45, 7) is 1.68. The van der Waals surface area contributed by atoms with Crippen LogP contribution in [0.15, 0.2) is 11.7 Å². The minimum Gasteiger partial charge on any atom is -0.394 e. The van der Waals surface area contributed by atoms with Crippen LogP contribution in [0.2, 0.25) is 0 Å². The van der Waals surface area contributed by atoms with Crippen molar-refractivity contribution >= 4 is 17.2 Å². The van der Waals surface area contributed by atoms with Gasteiger partial charge in [0.1, 0.15) is 4.88 Å². The zero-order valence-corrected chi connectivity index (χ0v) is 7.47. The van der Waals surface area contributed by atoms with Crippen molar-refractivity contribution in [1.82, 2.24) is 10.3 Å². The molecule has 0 fully saturated rings. The average Bonchev–Trinajstić information content (AvgIpc) is 2.56. The highest BCUT2D eigenvalue weighted by Gasteiger charge is 2.09. The molecule has 5 heteroatoms. The minimum absolute atomic E-state index is 0.0510. The van der Waals surface area contributed by atoms with Crippen LogP contribution in [0.1, 0.15) is 16.6 Å². The summed E-state index contributed by atoms with van der Waals surface area (Å²) in [6, 6.07) is -0.209. The molecule has 1 aromatic rings. The SMILES string of the molecule is CC(CO)NC(=O)c1cncs1. The molecule has 0 spiro atoms. The smallest absolute Gasteiger partial charge is 0.263 e. The Balaban J connectivity index is 2.50. The Bertz CT molecular complexity index is 248. The van der Waals surface area contributed by atoms with Crippen molar-refractivity contribution in [2.75, 3.05) is 6.61 Å². The third-order valence-electron chi connectivity index (χ3n) is 1.31. The van der Waals surface area contributed by atoms with Gasteiger partial charge in [0.05, 0.1) is 18.3 Å². The van der Waals surface area contributed by atoms with Crippen molar-refractivity contribution in [3.8, 4) is 0 Å². The van der Waals surface area contributed by atoms with Crippen LogP contribution in [-0.4, -0.2) is 28.6 Å². The number of carbonyl (C=O) groups excluding carboxylic acids is 1. The number of rotatable bonds is 3. The lowest BCUT2D eigenvalue weighted by molar-refractivity contribution is 0.0926. The summed E-state index contributed by atoms with van der Waals surface area (Å²) in [7, 11) is 0. The molecule has 0 saturated carbocycles. The summed E-state index contributed by atoms with van der Waals surface area (Å²) in [5.74, 6) is -0.181. The van der Waals surface area contributed by atoms with Gasteiger partial charge in [-0.1, -0.05) is 0 Å². The first kappa shape index (κ1) is 9.15. The van der Waals surface area contributed by atoms with Crippen LogP contribution in [0.5, 0.6) is 0 Å². The van der Waals surface area contributed by atoms with E-state index in [-0.39, 0.29) is 18.6 Å². The lowest BCUT2D eigenvalue weighted by Gasteiger charge is -2.08. The topological polar surface area (TPSA) is 62.2 Å². The van der Waals surface area contributed by atoms with Gasteiger partial charge in [0.25, 0.3) is 5.91 Å². The molecule has 0 aromatic carbocycles. The summed E-state index contributed by atoms with van der Waals surface area (Å²) < 4.78 is 0. The molecule has 1 amide bonds. The Morgan fingerprint density at radius 1 is 1.92 bits per heavy atom. The second-order valence-electron chi connectivity index (χ2n) is 2.42. The lowest BCUT2D eigenvalue weighted by Crippen LogP contribution is -2.34. The van der Waals surface area contributed by atoms with E-state index in [2.05, 4.69) is 10.3 Å². The first-order valence-electron chi connectivity index (χ1n) is 3.54. The van der Waals surface area contributed by atoms with Crippen molar-refractivity contribution in [2.45, 2.75) is 13.0 Å². The number of aromatic nitrogens is 1. The molecule has 66 valence electrons. The van der Waals surface area contributed by atoms with Gasteiger partial charge < -0.3 is 10.4 Å². The van der Waals surface area contributed by atoms with Crippen LogP contribution in [-0.2, 0) is 0 Å². The number of nitrogens with zero attached hydrogens (tertiary/aromatic N) is 1. The number of carbonyl (C=O) groups is 1. The highest BCUT2D eigenvalue weighted by atomic mass is 32.1. The van der Waals surface area contributed by atoms with Crippen molar-refractivity contribution in [3.05, 3.63) is 16.6 Å². The fourth-order valence-corrected chi connectivity index (χ4v) is 1.19. The predicted octanol–water partition coefficient (Wildman–Crippen LogP) is 0.254. The van der Waals surface area contributed by atoms with Gasteiger partial charge in [0.2, 0.25) is 0 Å². The van der Waals surface area contributed by atoms with E-state index in [1.807, 2.05) is 0 Å². The second-order valence-corrected chi connectivity index (χ2v) is 3.31. The predicted molar refractivity (Wildman–Crippen MR) is 46.1 cm³/mol. The summed E-state index contributed by atoms with van der Waals surface area (Å²) >= 11 is 1.28. The van der Waals surface area contributed by atoms with Gasteiger partial charge in [-0.05, 0) is 6.92 Å². The van der Waals surface area contributed by atoms with E-state index in [4.69, 9.17) is 5.11 Å². The molecule has 1 atom stereocenters. The number of nitrogens with one attached hydrogen (secondary N) is 1. The van der Waals surface area contributed by atoms with E-state index in [9.17, 15) is 4.79 Å². The number of hydrogen-bond donors (Lipinski definition) is 2. The summed E-state index contributed by atoms with van der Waals surface area (Å²) in [5, 5.41) is 11.3. The van der Waals surface area contributed by atoms with Gasteiger partial charge >= 0.3 is 0 Å². The second kappa shape index (κ2) is 4.18. The zero-order valence-electron chi connectivity index (χ0n) is 6.65. The third-order valence-corrected chi connectivity index (χ3v) is 2.08. The van der Waals surface area contributed by atoms with Crippen molar-refractivity contribution in [2.24, 2.45) is 0 Å². The van der Waals surface area contributed by atoms with E-state index in [0.29, 0.717) is 4.88 Å². The Morgan fingerprint density at radius 2 is 2.67 bits per heavy atom. The largest absolute Gasteiger partial charge is 0.394 e. The number of thiazole rings is 1. The number of aliphatic hydroxyl groups is 1. The van der Waals surface area contributed by atoms with E-state index in [1.165, 1.54) is 17.5 Å². The first-order valence-corrected chi connectivity index (χ1v) is 4.42. The maximum Gasteiger partial charge on any atom is 0.263 e. The molecule has 0 radical (unpaired) electrons. The average molecular weight is 186 g/mol. The normalized spacial score (nSPS) is 12.5. The quantitative estimate of drug-likeness (QED) is 0.711. The molecule has 0 saturated heterocycles. The monoisotopic (exact) mass is 186 g/mol. The highest BCUT2D eigenvalue weighted by Crippen LogP contribution is 2.04. The maximum atomic E-state index is 11.2. The van der Waals surface area contributed by atoms with Crippen LogP contribution in [0, 0.1) is 0 Å². The minimum atomic E-state index is -0.209. The van der Waals surface area contributed by atoms with Crippen LogP contribution in [0.25, 0.3) is 0 Å². The Kier molecular flexibility index (Phi) is 3.19. The first-order chi connectivity index (χ1) is 5.74. The van der Waals surface area contributed by atoms with Gasteiger partial charge in [-0.2, -0.15) is 0 Å². The maximum absolute atomic E-state index is 11.2. The van der Waals surface area contributed by atoms with E-state index < -0.39 is 0 Å². The van der Waals surface area contributed by atoms with Crippen molar-refractivity contribution in [3.63, 3.8) is 0 Å². The summed E-state index contributed by atoms with van der Waals surface area (Å²) in [4.78, 5) is 15.6. The van der Waals surface area contributed by atoms with E-state index in [0.717, 1.165) is 0 Å². The molecule has 0 aliphatic rings. The Labute approximate surface area is 74.3 Å². The van der Waals surface area contributed by atoms with Gasteiger partial charge in [-0.3, -0.25) is 9.78 Å². The molecule has 1 heterocycles. The van der Waals surface area contributed by atoms with Gasteiger partial charge in [-0.25, -0.2) is 0 Å². The fraction of sp³-hybridized carbons (Fsp3) is 0.429. The van der Waals surface area contributed by atoms with Crippen LogP contribution >= 0.6 is 11.3 Å². The Morgan fingerprint density at radius 3 is 3.17 bits per heavy atom. The highest BCUT2D eigenvalue weighted by molar-refractivity contribution is 7.11. The fourth-order valence-electron chi connectivity index (χ4n) is 0.668. The molecular formula is C7H10N2O2S. The van der Waals surface area contributed by atoms with Gasteiger partial charge in [0, 0.05) is 6.04 Å². The molecular weight excluding hydrogens is 176 g/mol. The van der Waals surface area contributed by atoms with Crippen LogP contribution in [0.3, 0.4) is 0 Å². The number of hydrogen-bond acceptors (Lipinski definition) is 4. The molecule has 2 N–H and O–H groups in total. The molecule has 4 nitrogen and oxygen atoms in total. The van der Waals surface area contributed by atoms with E-state index >= 15 is 0 Å². The molecule has 0 aliphatic heterocycles. The number of amides is 1. The molecule has 1 aromatic heterocycles. The molecule has 1 unspecified atom stereocenters. The van der Waals surface area contributed by atoms with Crippen molar-refractivity contribution < 1.29 is 9.90 Å². The van der Waals surface area contributed by atoms with Gasteiger partial charge in [0.15, 0.2) is 0 Å². The van der Waals surface area contributed by atoms with Crippen LogP contribution in [0.4, 0.5) is 0 Å². The van der Waals surface area contributed by atoms with Crippen LogP contribution < -0.4 is 5.32 Å². The third kappa shape index (κ3) is 2.28.